The molecule has 0 N–H and O–H groups in total. The Balaban J connectivity index is 1.42. The van der Waals surface area contributed by atoms with E-state index in [9.17, 15) is 4.79 Å². The SMILES string of the molecule is Cn1cc(C2=CCc3nc(N4CCN(C(=O)OC(C)(C)C)CC4)ccc32)cn1. The van der Waals surface area contributed by atoms with Crippen LogP contribution in [0.3, 0.4) is 0 Å². The molecule has 0 unspecified atom stereocenters. The largest absolute Gasteiger partial charge is 0.444 e. The third-order valence-electron chi connectivity index (χ3n) is 5.02. The minimum Gasteiger partial charge on any atom is -0.444 e. The van der Waals surface area contributed by atoms with Gasteiger partial charge >= 0.3 is 6.09 Å². The first-order valence-corrected chi connectivity index (χ1v) is 9.72. The lowest BCUT2D eigenvalue weighted by Gasteiger charge is -2.36. The lowest BCUT2D eigenvalue weighted by Crippen LogP contribution is -2.50. The zero-order valence-corrected chi connectivity index (χ0v) is 17.0. The molecule has 0 aromatic carbocycles. The second kappa shape index (κ2) is 6.96. The molecule has 7 heteroatoms. The van der Waals surface area contributed by atoms with E-state index in [1.165, 1.54) is 11.1 Å². The molecule has 2 aromatic rings. The van der Waals surface area contributed by atoms with Crippen LogP contribution in [0, 0.1) is 0 Å². The Morgan fingerprint density at radius 3 is 2.54 bits per heavy atom. The smallest absolute Gasteiger partial charge is 0.410 e. The minimum atomic E-state index is -0.464. The van der Waals surface area contributed by atoms with Gasteiger partial charge in [0.25, 0.3) is 0 Å². The van der Waals surface area contributed by atoms with E-state index >= 15 is 0 Å². The van der Waals surface area contributed by atoms with Crippen molar-refractivity contribution >= 4 is 17.5 Å². The molecule has 4 rings (SSSR count). The van der Waals surface area contributed by atoms with Crippen molar-refractivity contribution in [2.24, 2.45) is 7.05 Å². The van der Waals surface area contributed by atoms with E-state index < -0.39 is 5.60 Å². The molecule has 1 aliphatic heterocycles. The van der Waals surface area contributed by atoms with Crippen LogP contribution in [0.5, 0.6) is 0 Å². The number of ether oxygens (including phenoxy) is 1. The molecule has 0 radical (unpaired) electrons. The van der Waals surface area contributed by atoms with Crippen LogP contribution in [0.15, 0.2) is 30.6 Å². The highest BCUT2D eigenvalue weighted by molar-refractivity contribution is 5.83. The van der Waals surface area contributed by atoms with E-state index in [0.29, 0.717) is 13.1 Å². The minimum absolute atomic E-state index is 0.237. The maximum atomic E-state index is 12.2. The first-order valence-electron chi connectivity index (χ1n) is 9.72. The number of carbonyl (C=O) groups is 1. The van der Waals surface area contributed by atoms with E-state index in [-0.39, 0.29) is 6.09 Å². The van der Waals surface area contributed by atoms with Gasteiger partial charge in [-0.25, -0.2) is 9.78 Å². The Bertz CT molecular complexity index is 917. The Labute approximate surface area is 165 Å². The summed E-state index contributed by atoms with van der Waals surface area (Å²) in [6, 6.07) is 4.24. The first kappa shape index (κ1) is 18.5. The van der Waals surface area contributed by atoms with Crippen molar-refractivity contribution in [1.82, 2.24) is 19.7 Å². The number of piperazine rings is 1. The number of hydrogen-bond acceptors (Lipinski definition) is 5. The van der Waals surface area contributed by atoms with Crippen molar-refractivity contribution in [2.45, 2.75) is 32.8 Å². The number of aryl methyl sites for hydroxylation is 1. The van der Waals surface area contributed by atoms with Gasteiger partial charge in [0, 0.05) is 57.0 Å². The summed E-state index contributed by atoms with van der Waals surface area (Å²) in [7, 11) is 1.93. The average molecular weight is 381 g/mol. The number of allylic oxidation sites excluding steroid dienone is 1. The molecule has 1 amide bonds. The summed E-state index contributed by atoms with van der Waals surface area (Å²) < 4.78 is 7.29. The molecule has 0 spiro atoms. The highest BCUT2D eigenvalue weighted by Gasteiger charge is 2.27. The fourth-order valence-electron chi connectivity index (χ4n) is 3.65. The fourth-order valence-corrected chi connectivity index (χ4v) is 3.65. The number of amides is 1. The molecule has 7 nitrogen and oxygen atoms in total. The van der Waals surface area contributed by atoms with E-state index in [0.717, 1.165) is 36.6 Å². The number of fused-ring (bicyclic) bond motifs is 1. The predicted molar refractivity (Wildman–Crippen MR) is 108 cm³/mol. The van der Waals surface area contributed by atoms with Crippen LogP contribution in [0.1, 0.15) is 37.6 Å². The zero-order chi connectivity index (χ0) is 19.9. The predicted octanol–water partition coefficient (Wildman–Crippen LogP) is 2.86. The van der Waals surface area contributed by atoms with Crippen LogP contribution in [-0.4, -0.2) is 57.5 Å². The number of pyridine rings is 1. The molecular formula is C21H27N5O2. The van der Waals surface area contributed by atoms with E-state index in [2.05, 4.69) is 28.2 Å². The summed E-state index contributed by atoms with van der Waals surface area (Å²) in [6.07, 6.45) is 6.75. The quantitative estimate of drug-likeness (QED) is 0.800. The van der Waals surface area contributed by atoms with Crippen LogP contribution in [0.2, 0.25) is 0 Å². The highest BCUT2D eigenvalue weighted by atomic mass is 16.6. The van der Waals surface area contributed by atoms with Gasteiger partial charge in [-0.15, -0.1) is 0 Å². The lowest BCUT2D eigenvalue weighted by molar-refractivity contribution is 0.0240. The van der Waals surface area contributed by atoms with Crippen LogP contribution >= 0.6 is 0 Å². The lowest BCUT2D eigenvalue weighted by atomic mass is 10.0. The van der Waals surface area contributed by atoms with Gasteiger partial charge in [-0.2, -0.15) is 5.10 Å². The van der Waals surface area contributed by atoms with Crippen LogP contribution in [0.4, 0.5) is 10.6 Å². The zero-order valence-electron chi connectivity index (χ0n) is 17.0. The van der Waals surface area contributed by atoms with Gasteiger partial charge in [0.1, 0.15) is 11.4 Å². The van der Waals surface area contributed by atoms with Crippen molar-refractivity contribution in [3.8, 4) is 0 Å². The average Bonchev–Trinajstić information content (AvgIpc) is 3.25. The number of carbonyl (C=O) groups excluding carboxylic acids is 1. The number of nitrogens with zero attached hydrogens (tertiary/aromatic N) is 5. The van der Waals surface area contributed by atoms with E-state index in [4.69, 9.17) is 9.72 Å². The summed E-state index contributed by atoms with van der Waals surface area (Å²) in [5.74, 6) is 0.975. The molecule has 1 aliphatic carbocycles. The molecule has 2 aliphatic rings. The molecule has 1 fully saturated rings. The highest BCUT2D eigenvalue weighted by Crippen LogP contribution is 2.33. The number of anilines is 1. The van der Waals surface area contributed by atoms with Gasteiger partial charge in [0.15, 0.2) is 0 Å². The first-order chi connectivity index (χ1) is 13.3. The standard InChI is InChI=1S/C21H27N5O2/c1-21(2,3)28-20(27)26-11-9-25(10-12-26)19-8-6-17-16(5-7-18(17)23-19)15-13-22-24(4)14-15/h5-6,8,13-14H,7,9-12H2,1-4H3. The summed E-state index contributed by atoms with van der Waals surface area (Å²) >= 11 is 0. The van der Waals surface area contributed by atoms with Crippen LogP contribution in [0.25, 0.3) is 5.57 Å². The topological polar surface area (TPSA) is 63.5 Å². The van der Waals surface area contributed by atoms with Crippen LogP contribution < -0.4 is 4.90 Å². The Morgan fingerprint density at radius 2 is 1.89 bits per heavy atom. The Kier molecular flexibility index (Phi) is 4.61. The molecule has 1 saturated heterocycles. The van der Waals surface area contributed by atoms with Crippen molar-refractivity contribution < 1.29 is 9.53 Å². The normalized spacial score (nSPS) is 16.8. The van der Waals surface area contributed by atoms with Gasteiger partial charge < -0.3 is 14.5 Å². The summed E-state index contributed by atoms with van der Waals surface area (Å²) in [5.41, 5.74) is 4.16. The van der Waals surface area contributed by atoms with E-state index in [1.807, 2.05) is 44.9 Å². The Hall–Kier alpha value is -2.83. The van der Waals surface area contributed by atoms with Crippen molar-refractivity contribution in [1.29, 1.82) is 0 Å². The van der Waals surface area contributed by atoms with Gasteiger partial charge in [0.2, 0.25) is 0 Å². The van der Waals surface area contributed by atoms with Crippen molar-refractivity contribution in [2.75, 3.05) is 31.1 Å². The van der Waals surface area contributed by atoms with E-state index in [1.54, 1.807) is 4.90 Å². The van der Waals surface area contributed by atoms with Crippen molar-refractivity contribution in [3.63, 3.8) is 0 Å². The Morgan fingerprint density at radius 1 is 1.14 bits per heavy atom. The molecule has 0 saturated carbocycles. The third-order valence-corrected chi connectivity index (χ3v) is 5.02. The molecule has 0 bridgehead atoms. The van der Waals surface area contributed by atoms with Crippen LogP contribution in [-0.2, 0) is 18.2 Å². The number of rotatable bonds is 2. The van der Waals surface area contributed by atoms with Gasteiger partial charge in [-0.05, 0) is 38.5 Å². The van der Waals surface area contributed by atoms with Gasteiger partial charge in [0.05, 0.1) is 11.9 Å². The molecule has 2 aromatic heterocycles. The molecule has 28 heavy (non-hydrogen) atoms. The van der Waals surface area contributed by atoms with Gasteiger partial charge in [-0.3, -0.25) is 4.68 Å². The second-order valence-electron chi connectivity index (χ2n) is 8.34. The molecule has 148 valence electrons. The molecule has 3 heterocycles. The summed E-state index contributed by atoms with van der Waals surface area (Å²) in [6.45, 7) is 8.48. The second-order valence-corrected chi connectivity index (χ2v) is 8.34. The summed E-state index contributed by atoms with van der Waals surface area (Å²) in [5, 5.41) is 4.27. The van der Waals surface area contributed by atoms with Gasteiger partial charge in [-0.1, -0.05) is 6.08 Å². The van der Waals surface area contributed by atoms with Crippen molar-refractivity contribution in [3.05, 3.63) is 47.4 Å². The maximum Gasteiger partial charge on any atom is 0.410 e. The maximum absolute atomic E-state index is 12.2. The monoisotopic (exact) mass is 381 g/mol. The summed E-state index contributed by atoms with van der Waals surface area (Å²) in [4.78, 5) is 21.2. The number of hydrogen-bond donors (Lipinski definition) is 0. The fraction of sp³-hybridized carbons (Fsp3) is 0.476. The molecule has 0 atom stereocenters. The molecular weight excluding hydrogens is 354 g/mol. The number of aromatic nitrogens is 3. The third kappa shape index (κ3) is 3.74.